The van der Waals surface area contributed by atoms with Crippen LogP contribution in [0.5, 0.6) is 11.5 Å². The Labute approximate surface area is 237 Å². The van der Waals surface area contributed by atoms with Gasteiger partial charge in [0.2, 0.25) is 5.91 Å². The number of anilines is 1. The van der Waals surface area contributed by atoms with E-state index in [9.17, 15) is 23.9 Å². The molecule has 0 unspecified atom stereocenters. The number of fused-ring (bicyclic) bond motifs is 1. The van der Waals surface area contributed by atoms with Crippen LogP contribution in [0.25, 0.3) is 10.2 Å². The topological polar surface area (TPSA) is 121 Å². The van der Waals surface area contributed by atoms with Gasteiger partial charge in [-0.3, -0.25) is 14.6 Å². The van der Waals surface area contributed by atoms with E-state index in [0.717, 1.165) is 16.9 Å². The van der Waals surface area contributed by atoms with Gasteiger partial charge >= 0.3 is 5.97 Å². The van der Waals surface area contributed by atoms with Crippen LogP contribution in [-0.4, -0.2) is 50.5 Å². The Hall–Kier alpha value is -4.42. The van der Waals surface area contributed by atoms with Crippen LogP contribution in [0, 0.1) is 5.82 Å². The van der Waals surface area contributed by atoms with Crippen LogP contribution >= 0.6 is 23.6 Å². The largest absolute Gasteiger partial charge is 0.480 e. The van der Waals surface area contributed by atoms with Gasteiger partial charge in [0.1, 0.15) is 11.8 Å². The van der Waals surface area contributed by atoms with Crippen molar-refractivity contribution in [1.82, 2.24) is 15.2 Å². The fraction of sp³-hybridized carbons (Fsp3) is 0.179. The number of carbonyl (C=O) groups excluding carboxylic acids is 2. The monoisotopic (exact) mass is 578 g/mol. The zero-order valence-corrected chi connectivity index (χ0v) is 22.6. The number of carboxylic acid groups (broad SMARTS) is 1. The summed E-state index contributed by atoms with van der Waals surface area (Å²) in [5.41, 5.74) is 1.63. The third-order valence-electron chi connectivity index (χ3n) is 6.26. The highest BCUT2D eigenvalue weighted by molar-refractivity contribution is 7.80. The molecule has 1 aliphatic heterocycles. The van der Waals surface area contributed by atoms with Gasteiger partial charge in [-0.2, -0.15) is 0 Å². The number of hydrogen-bond donors (Lipinski definition) is 3. The molecular weight excluding hydrogens is 555 g/mol. The molecular formula is C28H23FN4O5S2. The van der Waals surface area contributed by atoms with Gasteiger partial charge < -0.3 is 25.4 Å². The van der Waals surface area contributed by atoms with E-state index in [1.807, 2.05) is 30.3 Å². The average Bonchev–Trinajstić information content (AvgIpc) is 3.59. The van der Waals surface area contributed by atoms with Crippen LogP contribution in [0.4, 0.5) is 10.1 Å². The van der Waals surface area contributed by atoms with E-state index < -0.39 is 17.8 Å². The molecule has 4 aromatic rings. The predicted octanol–water partition coefficient (Wildman–Crippen LogP) is 4.97. The highest BCUT2D eigenvalue weighted by atomic mass is 32.1. The molecule has 5 rings (SSSR count). The number of likely N-dealkylation sites (tertiary alicyclic amines) is 1. The molecule has 2 aromatic heterocycles. The lowest BCUT2D eigenvalue weighted by Crippen LogP contribution is -2.40. The van der Waals surface area contributed by atoms with Crippen molar-refractivity contribution in [3.63, 3.8) is 0 Å². The molecule has 0 spiro atoms. The van der Waals surface area contributed by atoms with E-state index >= 15 is 0 Å². The molecule has 1 fully saturated rings. The summed E-state index contributed by atoms with van der Waals surface area (Å²) in [7, 11) is 0. The molecule has 0 saturated carbocycles. The molecule has 2 amide bonds. The maximum atomic E-state index is 15.0. The molecule has 0 radical (unpaired) electrons. The Balaban J connectivity index is 1.26. The van der Waals surface area contributed by atoms with Crippen LogP contribution in [-0.2, 0) is 16.0 Å². The lowest BCUT2D eigenvalue weighted by atomic mass is 10.1. The molecule has 1 atom stereocenters. The van der Waals surface area contributed by atoms with E-state index in [0.29, 0.717) is 45.9 Å². The van der Waals surface area contributed by atoms with Gasteiger partial charge in [0.25, 0.3) is 5.91 Å². The maximum absolute atomic E-state index is 15.0. The van der Waals surface area contributed by atoms with Crippen molar-refractivity contribution >= 4 is 62.4 Å². The number of benzene rings is 2. The van der Waals surface area contributed by atoms with Gasteiger partial charge in [-0.05, 0) is 48.8 Å². The Kier molecular flexibility index (Phi) is 7.99. The second kappa shape index (κ2) is 11.8. The lowest BCUT2D eigenvalue weighted by molar-refractivity contribution is -0.141. The van der Waals surface area contributed by atoms with E-state index in [4.69, 9.17) is 17.0 Å². The summed E-state index contributed by atoms with van der Waals surface area (Å²) in [6.07, 6.45) is 2.67. The number of thiophene rings is 1. The number of ether oxygens (including phenoxy) is 1. The summed E-state index contributed by atoms with van der Waals surface area (Å²) < 4.78 is 21.3. The molecule has 1 aliphatic rings. The zero-order chi connectivity index (χ0) is 28.2. The van der Waals surface area contributed by atoms with Crippen LogP contribution < -0.4 is 15.4 Å². The molecule has 40 heavy (non-hydrogen) atoms. The third kappa shape index (κ3) is 6.08. The lowest BCUT2D eigenvalue weighted by Gasteiger charge is -2.20. The molecule has 12 heteroatoms. The minimum atomic E-state index is -1.03. The summed E-state index contributed by atoms with van der Waals surface area (Å²) >= 11 is 6.29. The summed E-state index contributed by atoms with van der Waals surface area (Å²) in [4.78, 5) is 42.7. The molecule has 1 saturated heterocycles. The van der Waals surface area contributed by atoms with Crippen molar-refractivity contribution in [2.45, 2.75) is 25.3 Å². The standard InChI is InChI=1S/C28H23FN4O5S2/c29-18-14-17(31-28(39)32-24(34)13-16-5-2-1-3-6-16)8-9-21(18)38-22-10-11-30-19-15-23(40-25(19)22)26(35)33-12-4-7-20(33)27(36)37/h1-3,5-6,8-11,14-15,20H,4,7,12-13H2,(H,36,37)(H2,31,32,34,39)/t20-/m0/s1. The molecule has 2 aromatic carbocycles. The summed E-state index contributed by atoms with van der Waals surface area (Å²) in [6.45, 7) is 0.368. The van der Waals surface area contributed by atoms with Gasteiger partial charge in [0.15, 0.2) is 16.7 Å². The first-order valence-corrected chi connectivity index (χ1v) is 13.6. The quantitative estimate of drug-likeness (QED) is 0.263. The smallest absolute Gasteiger partial charge is 0.326 e. The number of thiocarbonyl (C=S) groups is 1. The number of nitrogens with one attached hydrogen (secondary N) is 2. The number of aromatic nitrogens is 1. The van der Waals surface area contributed by atoms with Gasteiger partial charge in [0, 0.05) is 30.6 Å². The number of hydrogen-bond acceptors (Lipinski definition) is 7. The van der Waals surface area contributed by atoms with Crippen molar-refractivity contribution < 1.29 is 28.6 Å². The fourth-order valence-electron chi connectivity index (χ4n) is 4.40. The van der Waals surface area contributed by atoms with Crippen molar-refractivity contribution in [3.05, 3.63) is 83.1 Å². The van der Waals surface area contributed by atoms with Crippen molar-refractivity contribution in [1.29, 1.82) is 0 Å². The number of aliphatic carboxylic acids is 1. The van der Waals surface area contributed by atoms with Crippen LogP contribution in [0.3, 0.4) is 0 Å². The Morgan fingerprint density at radius 1 is 1.12 bits per heavy atom. The normalized spacial score (nSPS) is 14.6. The van der Waals surface area contributed by atoms with E-state index in [2.05, 4.69) is 15.6 Å². The third-order valence-corrected chi connectivity index (χ3v) is 7.59. The summed E-state index contributed by atoms with van der Waals surface area (Å²) in [6, 6.07) is 15.6. The zero-order valence-electron chi connectivity index (χ0n) is 20.9. The number of nitrogens with zero attached hydrogens (tertiary/aromatic N) is 2. The fourth-order valence-corrected chi connectivity index (χ4v) is 5.66. The number of carbonyl (C=O) groups is 3. The highest BCUT2D eigenvalue weighted by Crippen LogP contribution is 2.37. The Morgan fingerprint density at radius 2 is 1.93 bits per heavy atom. The minimum absolute atomic E-state index is 0.0313. The predicted molar refractivity (Wildman–Crippen MR) is 152 cm³/mol. The van der Waals surface area contributed by atoms with Gasteiger partial charge in [-0.25, -0.2) is 9.18 Å². The number of pyridine rings is 1. The SMILES string of the molecule is O=C(Cc1ccccc1)NC(=S)Nc1ccc(Oc2ccnc3cc(C(=O)N4CCC[C@H]4C(=O)O)sc23)c(F)c1. The van der Waals surface area contributed by atoms with Gasteiger partial charge in [-0.15, -0.1) is 11.3 Å². The van der Waals surface area contributed by atoms with Crippen LogP contribution in [0.1, 0.15) is 28.1 Å². The van der Waals surface area contributed by atoms with Crippen molar-refractivity contribution in [2.24, 2.45) is 0 Å². The summed E-state index contributed by atoms with van der Waals surface area (Å²) in [5.74, 6) is -2.16. The highest BCUT2D eigenvalue weighted by Gasteiger charge is 2.35. The van der Waals surface area contributed by atoms with Crippen LogP contribution in [0.2, 0.25) is 0 Å². The Bertz CT molecular complexity index is 1610. The molecule has 3 heterocycles. The van der Waals surface area contributed by atoms with E-state index in [1.165, 1.54) is 23.2 Å². The van der Waals surface area contributed by atoms with Crippen molar-refractivity contribution in [3.8, 4) is 11.5 Å². The Morgan fingerprint density at radius 3 is 2.67 bits per heavy atom. The number of halogens is 1. The molecule has 0 aliphatic carbocycles. The first-order valence-electron chi connectivity index (χ1n) is 12.3. The van der Waals surface area contributed by atoms with Gasteiger partial charge in [0.05, 0.1) is 21.5 Å². The van der Waals surface area contributed by atoms with Crippen molar-refractivity contribution in [2.75, 3.05) is 11.9 Å². The molecule has 3 N–H and O–H groups in total. The molecule has 204 valence electrons. The van der Waals surface area contributed by atoms with Gasteiger partial charge in [-0.1, -0.05) is 30.3 Å². The van der Waals surface area contributed by atoms with E-state index in [-0.39, 0.29) is 29.1 Å². The molecule has 9 nitrogen and oxygen atoms in total. The number of amides is 2. The first kappa shape index (κ1) is 27.2. The first-order chi connectivity index (χ1) is 19.3. The van der Waals surface area contributed by atoms with Crippen LogP contribution in [0.15, 0.2) is 66.9 Å². The number of rotatable bonds is 7. The summed E-state index contributed by atoms with van der Waals surface area (Å²) in [5, 5.41) is 14.8. The van der Waals surface area contributed by atoms with E-state index in [1.54, 1.807) is 18.2 Å². The number of carboxylic acids is 1. The maximum Gasteiger partial charge on any atom is 0.326 e. The second-order valence-corrected chi connectivity index (χ2v) is 10.5. The molecule has 0 bridgehead atoms. The average molecular weight is 579 g/mol. The second-order valence-electron chi connectivity index (χ2n) is 9.04. The minimum Gasteiger partial charge on any atom is -0.480 e.